The standard InChI is InChI=1S/C30H26ClF2N5O3S/c1-14(15-6-5-10-36-26(15)35)38-11-9-16-18(28(38)39)12-21(33)23(24(16)31)17-7-8-20(32)25-22(17)19(13-34)27(42-25)37-29(40)41-30(2,3)4/h5-8,10,12,14H,9,11H2,1-4H3,(H2,35,36)(H,37,40). The lowest BCUT2D eigenvalue weighted by molar-refractivity contribution is 0.0634. The number of aromatic nitrogens is 1. The first kappa shape index (κ1) is 29.2. The molecule has 2 amide bonds. The van der Waals surface area contributed by atoms with Crippen LogP contribution in [-0.2, 0) is 11.2 Å². The minimum atomic E-state index is -0.823. The number of hydrogen-bond donors (Lipinski definition) is 2. The van der Waals surface area contributed by atoms with Gasteiger partial charge in [0, 0.05) is 34.8 Å². The number of fused-ring (bicyclic) bond motifs is 2. The van der Waals surface area contributed by atoms with Gasteiger partial charge in [0.1, 0.15) is 34.1 Å². The smallest absolute Gasteiger partial charge is 0.412 e. The normalized spacial score (nSPS) is 14.0. The van der Waals surface area contributed by atoms with Crippen LogP contribution in [0.15, 0.2) is 36.5 Å². The number of pyridine rings is 1. The van der Waals surface area contributed by atoms with Gasteiger partial charge >= 0.3 is 6.09 Å². The number of nitrogens with one attached hydrogen (secondary N) is 1. The Bertz CT molecular complexity index is 1810. The molecule has 1 aliphatic rings. The van der Waals surface area contributed by atoms with Gasteiger partial charge in [0.25, 0.3) is 5.91 Å². The summed E-state index contributed by atoms with van der Waals surface area (Å²) in [7, 11) is 0. The average Bonchev–Trinajstić information content (AvgIpc) is 3.28. The molecule has 0 fully saturated rings. The van der Waals surface area contributed by atoms with Crippen molar-refractivity contribution in [3.8, 4) is 17.2 Å². The highest BCUT2D eigenvalue weighted by Crippen LogP contribution is 2.46. The van der Waals surface area contributed by atoms with Gasteiger partial charge in [-0.05, 0) is 63.4 Å². The highest BCUT2D eigenvalue weighted by Gasteiger charge is 2.34. The van der Waals surface area contributed by atoms with Crippen LogP contribution in [0.2, 0.25) is 5.02 Å². The van der Waals surface area contributed by atoms with Crippen LogP contribution < -0.4 is 11.1 Å². The maximum absolute atomic E-state index is 15.9. The molecule has 0 radical (unpaired) electrons. The summed E-state index contributed by atoms with van der Waals surface area (Å²) < 4.78 is 36.2. The summed E-state index contributed by atoms with van der Waals surface area (Å²) in [6.07, 6.45) is 1.06. The fraction of sp³-hybridized carbons (Fsp3) is 0.267. The molecule has 8 nitrogen and oxygen atoms in total. The molecule has 0 bridgehead atoms. The molecule has 42 heavy (non-hydrogen) atoms. The number of nitrogens with two attached hydrogens (primary N) is 1. The number of ether oxygens (including phenoxy) is 1. The maximum Gasteiger partial charge on any atom is 0.412 e. The summed E-state index contributed by atoms with van der Waals surface area (Å²) >= 11 is 7.63. The zero-order valence-corrected chi connectivity index (χ0v) is 24.7. The zero-order valence-electron chi connectivity index (χ0n) is 23.1. The Morgan fingerprint density at radius 2 is 2.00 bits per heavy atom. The van der Waals surface area contributed by atoms with E-state index in [1.165, 1.54) is 6.07 Å². The molecular formula is C30H26ClF2N5O3S. The SMILES string of the molecule is CC(c1cccnc1N)N1CCc2c(cc(F)c(-c3ccc(F)c4sc(NC(=O)OC(C)(C)C)c(C#N)c34)c2Cl)C1=O. The first-order valence-electron chi connectivity index (χ1n) is 13.0. The van der Waals surface area contributed by atoms with E-state index in [2.05, 4.69) is 10.3 Å². The minimum absolute atomic E-state index is 0.00352. The van der Waals surface area contributed by atoms with E-state index in [-0.39, 0.29) is 48.9 Å². The third-order valence-electron chi connectivity index (χ3n) is 6.99. The molecular weight excluding hydrogens is 584 g/mol. The van der Waals surface area contributed by atoms with Crippen molar-refractivity contribution in [2.75, 3.05) is 17.6 Å². The second kappa shape index (κ2) is 10.9. The van der Waals surface area contributed by atoms with Crippen molar-refractivity contribution in [3.63, 3.8) is 0 Å². The molecule has 5 rings (SSSR count). The number of rotatable bonds is 4. The van der Waals surface area contributed by atoms with E-state index in [0.717, 1.165) is 23.5 Å². The van der Waals surface area contributed by atoms with Crippen LogP contribution in [0.4, 0.5) is 24.4 Å². The first-order valence-corrected chi connectivity index (χ1v) is 14.2. The van der Waals surface area contributed by atoms with E-state index in [1.807, 2.05) is 13.0 Å². The van der Waals surface area contributed by atoms with Gasteiger partial charge in [-0.15, -0.1) is 11.3 Å². The van der Waals surface area contributed by atoms with Crippen molar-refractivity contribution in [2.24, 2.45) is 0 Å². The highest BCUT2D eigenvalue weighted by molar-refractivity contribution is 7.23. The third kappa shape index (κ3) is 5.12. The number of nitriles is 1. The number of anilines is 2. The molecule has 0 spiro atoms. The van der Waals surface area contributed by atoms with E-state index >= 15 is 4.39 Å². The first-order chi connectivity index (χ1) is 19.8. The van der Waals surface area contributed by atoms with E-state index in [9.17, 15) is 19.2 Å². The van der Waals surface area contributed by atoms with Crippen molar-refractivity contribution in [1.29, 1.82) is 5.26 Å². The van der Waals surface area contributed by atoms with Gasteiger partial charge in [0.2, 0.25) is 0 Å². The summed E-state index contributed by atoms with van der Waals surface area (Å²) in [5, 5.41) is 12.7. The average molecular weight is 610 g/mol. The quantitative estimate of drug-likeness (QED) is 0.248. The number of amides is 2. The maximum atomic E-state index is 15.9. The number of hydrogen-bond acceptors (Lipinski definition) is 7. The van der Waals surface area contributed by atoms with Gasteiger partial charge in [-0.2, -0.15) is 5.26 Å². The lowest BCUT2D eigenvalue weighted by atomic mass is 9.90. The Morgan fingerprint density at radius 1 is 1.26 bits per heavy atom. The van der Waals surface area contributed by atoms with Gasteiger partial charge in [-0.3, -0.25) is 10.1 Å². The molecule has 2 aromatic carbocycles. The Hall–Kier alpha value is -4.27. The number of carbonyl (C=O) groups excluding carboxylic acids is 2. The van der Waals surface area contributed by atoms with Crippen molar-refractivity contribution in [1.82, 2.24) is 9.88 Å². The fourth-order valence-corrected chi connectivity index (χ4v) is 6.58. The largest absolute Gasteiger partial charge is 0.444 e. The van der Waals surface area contributed by atoms with Gasteiger partial charge in [-0.25, -0.2) is 18.6 Å². The summed E-state index contributed by atoms with van der Waals surface area (Å²) in [6, 6.07) is 8.70. The van der Waals surface area contributed by atoms with Crippen molar-refractivity contribution in [2.45, 2.75) is 45.8 Å². The molecule has 12 heteroatoms. The molecule has 0 saturated carbocycles. The second-order valence-electron chi connectivity index (χ2n) is 10.8. The number of nitrogen functional groups attached to an aromatic ring is 1. The number of halogens is 3. The molecule has 216 valence electrons. The van der Waals surface area contributed by atoms with Crippen LogP contribution in [0.1, 0.15) is 60.8 Å². The van der Waals surface area contributed by atoms with Crippen LogP contribution in [0.5, 0.6) is 0 Å². The molecule has 0 saturated heterocycles. The fourth-order valence-electron chi connectivity index (χ4n) is 5.12. The number of carbonyl (C=O) groups is 2. The van der Waals surface area contributed by atoms with E-state index in [4.69, 9.17) is 22.1 Å². The number of nitrogens with zero attached hydrogens (tertiary/aromatic N) is 3. The Morgan fingerprint density at radius 3 is 2.67 bits per heavy atom. The summed E-state index contributed by atoms with van der Waals surface area (Å²) in [4.78, 5) is 31.7. The van der Waals surface area contributed by atoms with Crippen LogP contribution in [-0.4, -0.2) is 34.0 Å². The van der Waals surface area contributed by atoms with Crippen LogP contribution in [0.3, 0.4) is 0 Å². The molecule has 1 unspecified atom stereocenters. The lowest BCUT2D eigenvalue weighted by Crippen LogP contribution is -2.40. The monoisotopic (exact) mass is 609 g/mol. The summed E-state index contributed by atoms with van der Waals surface area (Å²) in [5.41, 5.74) is 6.48. The van der Waals surface area contributed by atoms with Crippen LogP contribution in [0.25, 0.3) is 21.2 Å². The van der Waals surface area contributed by atoms with Crippen molar-refractivity contribution < 1.29 is 23.1 Å². The van der Waals surface area contributed by atoms with E-state index < -0.39 is 35.3 Å². The van der Waals surface area contributed by atoms with E-state index in [1.54, 1.807) is 44.0 Å². The lowest BCUT2D eigenvalue weighted by Gasteiger charge is -2.35. The van der Waals surface area contributed by atoms with Crippen LogP contribution in [0, 0.1) is 23.0 Å². The van der Waals surface area contributed by atoms with Gasteiger partial charge in [0.05, 0.1) is 21.3 Å². The van der Waals surface area contributed by atoms with Gasteiger partial charge in [-0.1, -0.05) is 23.7 Å². The molecule has 3 heterocycles. The molecule has 1 atom stereocenters. The van der Waals surface area contributed by atoms with E-state index in [0.29, 0.717) is 23.4 Å². The summed E-state index contributed by atoms with van der Waals surface area (Å²) in [6.45, 7) is 7.15. The number of benzene rings is 2. The number of thiophene rings is 1. The zero-order chi connectivity index (χ0) is 30.5. The summed E-state index contributed by atoms with van der Waals surface area (Å²) in [5.74, 6) is -1.59. The minimum Gasteiger partial charge on any atom is -0.444 e. The molecule has 0 aliphatic carbocycles. The topological polar surface area (TPSA) is 121 Å². The predicted molar refractivity (Wildman–Crippen MR) is 159 cm³/mol. The molecule has 4 aromatic rings. The molecule has 1 aliphatic heterocycles. The van der Waals surface area contributed by atoms with Crippen molar-refractivity contribution in [3.05, 3.63) is 75.4 Å². The van der Waals surface area contributed by atoms with Crippen molar-refractivity contribution >= 4 is 55.8 Å². The molecule has 2 aromatic heterocycles. The highest BCUT2D eigenvalue weighted by atomic mass is 35.5. The van der Waals surface area contributed by atoms with Gasteiger partial charge in [0.15, 0.2) is 0 Å². The molecule has 3 N–H and O–H groups in total. The predicted octanol–water partition coefficient (Wildman–Crippen LogP) is 7.46. The van der Waals surface area contributed by atoms with Gasteiger partial charge < -0.3 is 15.4 Å². The Kier molecular flexibility index (Phi) is 7.55. The Labute approximate surface area is 249 Å². The second-order valence-corrected chi connectivity index (χ2v) is 12.2. The van der Waals surface area contributed by atoms with Crippen LogP contribution >= 0.6 is 22.9 Å². The Balaban J connectivity index is 1.60. The third-order valence-corrected chi connectivity index (χ3v) is 8.52.